The molecule has 0 unspecified atom stereocenters. The van der Waals surface area contributed by atoms with Crippen molar-refractivity contribution >= 4 is 5.95 Å². The number of ether oxygens (including phenoxy) is 2. The lowest BCUT2D eigenvalue weighted by molar-refractivity contribution is -0.0994. The molecule has 0 aromatic carbocycles. The molecule has 8 heteroatoms. The van der Waals surface area contributed by atoms with Crippen LogP contribution in [0.1, 0.15) is 6.23 Å². The van der Waals surface area contributed by atoms with Gasteiger partial charge in [0.1, 0.15) is 6.33 Å². The maximum atomic E-state index is 11.4. The second-order valence-electron chi connectivity index (χ2n) is 2.94. The van der Waals surface area contributed by atoms with Gasteiger partial charge < -0.3 is 20.3 Å². The number of rotatable bonds is 2. The summed E-state index contributed by atoms with van der Waals surface area (Å²) in [6, 6.07) is 0. The van der Waals surface area contributed by atoms with Crippen LogP contribution in [0.25, 0.3) is 0 Å². The Morgan fingerprint density at radius 2 is 2.53 bits per heavy atom. The van der Waals surface area contributed by atoms with Gasteiger partial charge in [0.15, 0.2) is 12.5 Å². The summed E-state index contributed by atoms with van der Waals surface area (Å²) in [5.74, 6) is -0.0890. The molecule has 2 heterocycles. The molecule has 0 radical (unpaired) electrons. The summed E-state index contributed by atoms with van der Waals surface area (Å²) in [5, 5.41) is 8.76. The Morgan fingerprint density at radius 3 is 3.13 bits per heavy atom. The summed E-state index contributed by atoms with van der Waals surface area (Å²) < 4.78 is 11.4. The summed E-state index contributed by atoms with van der Waals surface area (Å²) in [5.41, 5.74) is 4.67. The van der Waals surface area contributed by atoms with Crippen molar-refractivity contribution < 1.29 is 14.6 Å². The first kappa shape index (κ1) is 10.0. The number of aliphatic hydroxyl groups is 1. The van der Waals surface area contributed by atoms with E-state index in [1.54, 1.807) is 0 Å². The van der Waals surface area contributed by atoms with E-state index in [0.717, 1.165) is 4.57 Å². The van der Waals surface area contributed by atoms with Crippen LogP contribution in [-0.4, -0.2) is 39.1 Å². The van der Waals surface area contributed by atoms with E-state index in [-0.39, 0.29) is 19.2 Å². The number of hydrogen-bond donors (Lipinski definition) is 2. The van der Waals surface area contributed by atoms with Crippen molar-refractivity contribution in [1.82, 2.24) is 14.5 Å². The van der Waals surface area contributed by atoms with Crippen LogP contribution in [0.3, 0.4) is 0 Å². The SMILES string of the molecule is Nc1ncn([C@H]2CO[C@H](CO)O2)c(=O)n1. The third kappa shape index (κ3) is 1.96. The quantitative estimate of drug-likeness (QED) is 0.590. The van der Waals surface area contributed by atoms with Crippen molar-refractivity contribution in [3.63, 3.8) is 0 Å². The van der Waals surface area contributed by atoms with Crippen LogP contribution in [0.2, 0.25) is 0 Å². The van der Waals surface area contributed by atoms with Gasteiger partial charge in [-0.15, -0.1) is 0 Å². The summed E-state index contributed by atoms with van der Waals surface area (Å²) in [7, 11) is 0. The van der Waals surface area contributed by atoms with Gasteiger partial charge in [-0.1, -0.05) is 0 Å². The van der Waals surface area contributed by atoms with E-state index in [1.165, 1.54) is 6.33 Å². The third-order valence-corrected chi connectivity index (χ3v) is 1.94. The predicted octanol–water partition coefficient (Wildman–Crippen LogP) is -1.92. The standard InChI is InChI=1S/C7H10N4O4/c8-6-9-3-11(7(13)10-6)4-2-14-5(1-12)15-4/h3-5,12H,1-2H2,(H2,8,10,13)/t4-,5+/m1/s1. The molecule has 0 saturated carbocycles. The summed E-state index contributed by atoms with van der Waals surface area (Å²) in [6.45, 7) is -0.0977. The number of nitrogen functional groups attached to an aromatic ring is 1. The van der Waals surface area contributed by atoms with Crippen LogP contribution >= 0.6 is 0 Å². The van der Waals surface area contributed by atoms with Crippen molar-refractivity contribution in [3.8, 4) is 0 Å². The van der Waals surface area contributed by atoms with E-state index in [1.807, 2.05) is 0 Å². The molecule has 0 spiro atoms. The van der Waals surface area contributed by atoms with Gasteiger partial charge in [0.25, 0.3) is 0 Å². The molecule has 1 aliphatic heterocycles. The molecule has 1 aliphatic rings. The topological polar surface area (TPSA) is 112 Å². The summed E-state index contributed by atoms with van der Waals surface area (Å²) in [4.78, 5) is 18.5. The molecule has 8 nitrogen and oxygen atoms in total. The van der Waals surface area contributed by atoms with Gasteiger partial charge in [0.2, 0.25) is 5.95 Å². The Labute approximate surface area is 84.3 Å². The highest BCUT2D eigenvalue weighted by Crippen LogP contribution is 2.18. The first-order chi connectivity index (χ1) is 7.20. The lowest BCUT2D eigenvalue weighted by Crippen LogP contribution is -2.29. The minimum Gasteiger partial charge on any atom is -0.391 e. The van der Waals surface area contributed by atoms with Crippen molar-refractivity contribution in [1.29, 1.82) is 0 Å². The molecule has 2 atom stereocenters. The van der Waals surface area contributed by atoms with E-state index in [4.69, 9.17) is 20.3 Å². The van der Waals surface area contributed by atoms with Crippen LogP contribution < -0.4 is 11.4 Å². The first-order valence-electron chi connectivity index (χ1n) is 4.29. The zero-order valence-corrected chi connectivity index (χ0v) is 7.74. The number of anilines is 1. The zero-order valence-electron chi connectivity index (χ0n) is 7.74. The molecule has 1 saturated heterocycles. The minimum absolute atomic E-state index is 0.0890. The summed E-state index contributed by atoms with van der Waals surface area (Å²) in [6.07, 6.45) is -0.0898. The van der Waals surface area contributed by atoms with Crippen molar-refractivity contribution in [2.24, 2.45) is 0 Å². The second kappa shape index (κ2) is 3.93. The van der Waals surface area contributed by atoms with E-state index >= 15 is 0 Å². The highest BCUT2D eigenvalue weighted by Gasteiger charge is 2.27. The average Bonchev–Trinajstić information content (AvgIpc) is 2.66. The molecule has 82 valence electrons. The normalized spacial score (nSPS) is 25.7. The first-order valence-corrected chi connectivity index (χ1v) is 4.29. The van der Waals surface area contributed by atoms with E-state index in [9.17, 15) is 4.79 Å². The van der Waals surface area contributed by atoms with Gasteiger partial charge in [-0.2, -0.15) is 4.98 Å². The number of nitrogens with two attached hydrogens (primary N) is 1. The van der Waals surface area contributed by atoms with Crippen LogP contribution in [0.5, 0.6) is 0 Å². The molecule has 15 heavy (non-hydrogen) atoms. The van der Waals surface area contributed by atoms with Gasteiger partial charge in [0, 0.05) is 0 Å². The molecule has 1 fully saturated rings. The van der Waals surface area contributed by atoms with Gasteiger partial charge in [-0.3, -0.25) is 4.57 Å². The van der Waals surface area contributed by atoms with Crippen LogP contribution in [0, 0.1) is 0 Å². The fourth-order valence-electron chi connectivity index (χ4n) is 1.24. The minimum atomic E-state index is -0.709. The Balaban J connectivity index is 2.20. The van der Waals surface area contributed by atoms with Gasteiger partial charge in [-0.05, 0) is 0 Å². The number of aliphatic hydroxyl groups excluding tert-OH is 1. The van der Waals surface area contributed by atoms with Crippen molar-refractivity contribution in [2.75, 3.05) is 18.9 Å². The second-order valence-corrected chi connectivity index (χ2v) is 2.94. The Kier molecular flexibility index (Phi) is 2.62. The molecule has 1 aromatic rings. The highest BCUT2D eigenvalue weighted by atomic mass is 16.7. The number of hydrogen-bond acceptors (Lipinski definition) is 7. The Morgan fingerprint density at radius 1 is 1.73 bits per heavy atom. The third-order valence-electron chi connectivity index (χ3n) is 1.94. The molecule has 0 aliphatic carbocycles. The maximum Gasteiger partial charge on any atom is 0.354 e. The molecule has 0 amide bonds. The predicted molar refractivity (Wildman–Crippen MR) is 47.7 cm³/mol. The maximum absolute atomic E-state index is 11.4. The number of aromatic nitrogens is 3. The van der Waals surface area contributed by atoms with Crippen LogP contribution in [0.4, 0.5) is 5.95 Å². The van der Waals surface area contributed by atoms with Gasteiger partial charge in [-0.25, -0.2) is 9.78 Å². The zero-order chi connectivity index (χ0) is 10.8. The lowest BCUT2D eigenvalue weighted by Gasteiger charge is -2.10. The molecular weight excluding hydrogens is 204 g/mol. The van der Waals surface area contributed by atoms with Crippen LogP contribution in [-0.2, 0) is 9.47 Å². The van der Waals surface area contributed by atoms with Crippen molar-refractivity contribution in [2.45, 2.75) is 12.5 Å². The van der Waals surface area contributed by atoms with Gasteiger partial charge >= 0.3 is 5.69 Å². The fraction of sp³-hybridized carbons (Fsp3) is 0.571. The van der Waals surface area contributed by atoms with E-state index in [2.05, 4.69) is 9.97 Å². The lowest BCUT2D eigenvalue weighted by atomic mass is 10.6. The van der Waals surface area contributed by atoms with Gasteiger partial charge in [0.05, 0.1) is 13.2 Å². The molecule has 0 bridgehead atoms. The fourth-order valence-corrected chi connectivity index (χ4v) is 1.24. The molecule has 2 rings (SSSR count). The Hall–Kier alpha value is -1.51. The van der Waals surface area contributed by atoms with Crippen LogP contribution in [0.15, 0.2) is 11.1 Å². The molecule has 1 aromatic heterocycles. The van der Waals surface area contributed by atoms with Crippen molar-refractivity contribution in [3.05, 3.63) is 16.8 Å². The van der Waals surface area contributed by atoms with E-state index in [0.29, 0.717) is 0 Å². The molecule has 3 N–H and O–H groups in total. The number of nitrogens with zero attached hydrogens (tertiary/aromatic N) is 3. The smallest absolute Gasteiger partial charge is 0.354 e. The average molecular weight is 214 g/mol. The highest BCUT2D eigenvalue weighted by molar-refractivity contribution is 5.09. The molecular formula is C7H10N4O4. The van der Waals surface area contributed by atoms with E-state index < -0.39 is 18.2 Å². The summed E-state index contributed by atoms with van der Waals surface area (Å²) >= 11 is 0. The largest absolute Gasteiger partial charge is 0.391 e. The Bertz CT molecular complexity index is 406. The monoisotopic (exact) mass is 214 g/mol.